The second-order valence-electron chi connectivity index (χ2n) is 10.1. The van der Waals surface area contributed by atoms with E-state index in [-0.39, 0.29) is 22.9 Å². The summed E-state index contributed by atoms with van der Waals surface area (Å²) in [5.41, 5.74) is 3.61. The van der Waals surface area contributed by atoms with E-state index in [0.717, 1.165) is 42.9 Å². The lowest BCUT2D eigenvalue weighted by molar-refractivity contribution is -0.132. The number of nitrogens with zero attached hydrogens (tertiary/aromatic N) is 1. The van der Waals surface area contributed by atoms with Crippen molar-refractivity contribution in [2.75, 3.05) is 24.5 Å². The van der Waals surface area contributed by atoms with Crippen LogP contribution in [-0.4, -0.2) is 48.2 Å². The van der Waals surface area contributed by atoms with Crippen LogP contribution in [0, 0.1) is 18.8 Å². The molecule has 0 bridgehead atoms. The number of benzene rings is 1. The van der Waals surface area contributed by atoms with Crippen LogP contribution in [0.1, 0.15) is 72.9 Å². The highest BCUT2D eigenvalue weighted by Crippen LogP contribution is 2.52. The average molecular weight is 441 g/mol. The Kier molecular flexibility index (Phi) is 5.39. The highest BCUT2D eigenvalue weighted by atomic mass is 19.1. The number of rotatable bonds is 6. The summed E-state index contributed by atoms with van der Waals surface area (Å²) in [5.74, 6) is -1.11. The van der Waals surface area contributed by atoms with E-state index in [1.54, 1.807) is 6.07 Å². The highest BCUT2D eigenvalue weighted by molar-refractivity contribution is 6.24. The number of anilines is 1. The van der Waals surface area contributed by atoms with Crippen molar-refractivity contribution >= 4 is 17.4 Å². The second kappa shape index (κ2) is 7.98. The number of Topliss-reactive ketones (excluding diaryl/α,β-unsaturated/α-hetero) is 1. The number of carboxylic acid groups (broad SMARTS) is 1. The van der Waals surface area contributed by atoms with Crippen LogP contribution < -0.4 is 10.2 Å². The number of carboxylic acids is 1. The van der Waals surface area contributed by atoms with E-state index in [1.165, 1.54) is 18.9 Å². The van der Waals surface area contributed by atoms with Crippen molar-refractivity contribution in [2.24, 2.45) is 11.8 Å². The number of ketones is 1. The fourth-order valence-electron chi connectivity index (χ4n) is 6.38. The Labute approximate surface area is 189 Å². The molecule has 0 amide bonds. The van der Waals surface area contributed by atoms with E-state index < -0.39 is 17.9 Å². The minimum Gasteiger partial charge on any atom is -0.478 e. The molecule has 5 rings (SSSR count). The van der Waals surface area contributed by atoms with Crippen molar-refractivity contribution in [3.8, 4) is 0 Å². The van der Waals surface area contributed by atoms with Gasteiger partial charge in [-0.1, -0.05) is 13.0 Å². The second-order valence-corrected chi connectivity index (χ2v) is 10.1. The Hall–Kier alpha value is -2.21. The van der Waals surface area contributed by atoms with E-state index in [0.29, 0.717) is 30.7 Å². The Morgan fingerprint density at radius 1 is 1.31 bits per heavy atom. The molecule has 0 aromatic heterocycles. The molecule has 172 valence electrons. The van der Waals surface area contributed by atoms with E-state index in [1.807, 2.05) is 13.0 Å². The fourth-order valence-corrected chi connectivity index (χ4v) is 6.38. The number of aliphatic carboxylic acids is 1. The lowest BCUT2D eigenvalue weighted by atomic mass is 9.79. The van der Waals surface area contributed by atoms with Gasteiger partial charge in [0.15, 0.2) is 5.78 Å². The van der Waals surface area contributed by atoms with Crippen LogP contribution in [0.4, 0.5) is 10.1 Å². The number of halogens is 1. The number of carbonyl (C=O) groups excluding carboxylic acids is 1. The van der Waals surface area contributed by atoms with E-state index >= 15 is 0 Å². The number of hydrogen-bond donors (Lipinski definition) is 2. The molecule has 0 radical (unpaired) electrons. The summed E-state index contributed by atoms with van der Waals surface area (Å²) in [6, 6.07) is 3.79. The summed E-state index contributed by atoms with van der Waals surface area (Å²) in [5, 5.41) is 13.3. The van der Waals surface area contributed by atoms with Gasteiger partial charge in [0.05, 0.1) is 0 Å². The first-order valence-corrected chi connectivity index (χ1v) is 12.1. The number of nitrogens with one attached hydrogen (secondary N) is 1. The first kappa shape index (κ1) is 21.6. The third-order valence-corrected chi connectivity index (χ3v) is 8.31. The fraction of sp³-hybridized carbons (Fsp3) is 0.615. The highest BCUT2D eigenvalue weighted by Gasteiger charge is 2.51. The van der Waals surface area contributed by atoms with Crippen molar-refractivity contribution in [3.63, 3.8) is 0 Å². The summed E-state index contributed by atoms with van der Waals surface area (Å²) < 4.78 is 14.2. The summed E-state index contributed by atoms with van der Waals surface area (Å²) in [7, 11) is 0. The standard InChI is InChI=1S/C26H33FN2O3/c1-3-28-26(10-11-26)16-9-12-29(14-16)22-8-7-18-23(15(22)2)17(20-13-21(20)27)5-4-6-19(24(18)30)25(31)32/h6-8,16-17,20-21,28H,3-5,9-14H2,1-2H3,(H,31,32)/t16-,17?,20+,21+/m1/s1. The topological polar surface area (TPSA) is 69.6 Å². The lowest BCUT2D eigenvalue weighted by Crippen LogP contribution is -2.40. The number of carbonyl (C=O) groups is 2. The van der Waals surface area contributed by atoms with Crippen LogP contribution in [0.2, 0.25) is 0 Å². The maximum atomic E-state index is 14.2. The first-order chi connectivity index (χ1) is 15.4. The van der Waals surface area contributed by atoms with Gasteiger partial charge in [0.25, 0.3) is 0 Å². The largest absolute Gasteiger partial charge is 0.478 e. The molecule has 1 unspecified atom stereocenters. The number of allylic oxidation sites excluding steroid dienone is 1. The zero-order chi connectivity index (χ0) is 22.6. The van der Waals surface area contributed by atoms with Gasteiger partial charge in [0.2, 0.25) is 0 Å². The minimum atomic E-state index is -1.18. The lowest BCUT2D eigenvalue weighted by Gasteiger charge is -2.30. The molecule has 1 heterocycles. The zero-order valence-corrected chi connectivity index (χ0v) is 19.0. The van der Waals surface area contributed by atoms with Crippen LogP contribution in [0.5, 0.6) is 0 Å². The molecule has 1 saturated heterocycles. The van der Waals surface area contributed by atoms with E-state index in [4.69, 9.17) is 0 Å². The normalized spacial score (nSPS) is 30.9. The third kappa shape index (κ3) is 3.57. The molecule has 4 atom stereocenters. The molecule has 2 N–H and O–H groups in total. The minimum absolute atomic E-state index is 0.0366. The number of fused-ring (bicyclic) bond motifs is 1. The molecular formula is C26H33FN2O3. The molecule has 3 fully saturated rings. The summed E-state index contributed by atoms with van der Waals surface area (Å²) in [6.45, 7) is 7.16. The van der Waals surface area contributed by atoms with Gasteiger partial charge in [-0.05, 0) is 93.0 Å². The van der Waals surface area contributed by atoms with Crippen LogP contribution >= 0.6 is 0 Å². The Morgan fingerprint density at radius 3 is 2.69 bits per heavy atom. The van der Waals surface area contributed by atoms with Crippen molar-refractivity contribution < 1.29 is 19.1 Å². The van der Waals surface area contributed by atoms with Crippen molar-refractivity contribution in [2.45, 2.75) is 70.0 Å². The van der Waals surface area contributed by atoms with Gasteiger partial charge in [-0.3, -0.25) is 4.79 Å². The van der Waals surface area contributed by atoms with Gasteiger partial charge >= 0.3 is 5.97 Å². The molecule has 4 aliphatic rings. The van der Waals surface area contributed by atoms with Crippen LogP contribution in [-0.2, 0) is 4.79 Å². The maximum absolute atomic E-state index is 14.2. The van der Waals surface area contributed by atoms with Gasteiger partial charge in [-0.2, -0.15) is 0 Å². The molecule has 0 spiro atoms. The number of alkyl halides is 1. The molecule has 1 aromatic rings. The summed E-state index contributed by atoms with van der Waals surface area (Å²) >= 11 is 0. The van der Waals surface area contributed by atoms with Crippen LogP contribution in [0.25, 0.3) is 0 Å². The van der Waals surface area contributed by atoms with E-state index in [9.17, 15) is 19.1 Å². The summed E-state index contributed by atoms with van der Waals surface area (Å²) in [4.78, 5) is 27.3. The zero-order valence-electron chi connectivity index (χ0n) is 19.0. The van der Waals surface area contributed by atoms with Gasteiger partial charge in [0, 0.05) is 29.9 Å². The first-order valence-electron chi connectivity index (χ1n) is 12.1. The molecule has 1 aliphatic heterocycles. The van der Waals surface area contributed by atoms with Gasteiger partial charge in [0.1, 0.15) is 11.7 Å². The predicted octanol–water partition coefficient (Wildman–Crippen LogP) is 4.39. The monoisotopic (exact) mass is 440 g/mol. The van der Waals surface area contributed by atoms with Crippen molar-refractivity contribution in [1.29, 1.82) is 0 Å². The maximum Gasteiger partial charge on any atom is 0.339 e. The van der Waals surface area contributed by atoms with Crippen molar-refractivity contribution in [1.82, 2.24) is 5.32 Å². The third-order valence-electron chi connectivity index (χ3n) is 8.31. The smallest absolute Gasteiger partial charge is 0.339 e. The molecule has 6 heteroatoms. The Morgan fingerprint density at radius 2 is 2.06 bits per heavy atom. The number of hydrogen-bond acceptors (Lipinski definition) is 4. The molecule has 32 heavy (non-hydrogen) atoms. The quantitative estimate of drug-likeness (QED) is 0.642. The van der Waals surface area contributed by atoms with Gasteiger partial charge in [-0.25, -0.2) is 9.18 Å². The SMILES string of the molecule is CCNC1([C@@H]2CCN(c3ccc4c(c3C)C([C@@H]3C[C@@H]3F)CCC=C(C(=O)O)C4=O)C2)CC1. The predicted molar refractivity (Wildman–Crippen MR) is 122 cm³/mol. The molecular weight excluding hydrogens is 407 g/mol. The van der Waals surface area contributed by atoms with E-state index in [2.05, 4.69) is 17.1 Å². The molecule has 3 aliphatic carbocycles. The van der Waals surface area contributed by atoms with Crippen LogP contribution in [0.15, 0.2) is 23.8 Å². The Balaban J connectivity index is 1.51. The average Bonchev–Trinajstić information content (AvgIpc) is 3.63. The molecule has 1 aromatic carbocycles. The summed E-state index contributed by atoms with van der Waals surface area (Å²) in [6.07, 6.45) is 6.03. The van der Waals surface area contributed by atoms with Crippen LogP contribution in [0.3, 0.4) is 0 Å². The Bertz CT molecular complexity index is 984. The molecule has 2 saturated carbocycles. The van der Waals surface area contributed by atoms with Gasteiger partial charge in [-0.15, -0.1) is 0 Å². The molecule has 5 nitrogen and oxygen atoms in total. The van der Waals surface area contributed by atoms with Gasteiger partial charge < -0.3 is 15.3 Å². The van der Waals surface area contributed by atoms with Crippen molar-refractivity contribution in [3.05, 3.63) is 40.5 Å².